The summed E-state index contributed by atoms with van der Waals surface area (Å²) >= 11 is 92.3. The largest absolute Gasteiger partial charge is 0.227 e. The summed E-state index contributed by atoms with van der Waals surface area (Å²) in [5, 5.41) is 0. The van der Waals surface area contributed by atoms with Crippen LogP contribution in [0.2, 0.25) is 0 Å². The van der Waals surface area contributed by atoms with E-state index in [0.29, 0.717) is 6.42 Å². The summed E-state index contributed by atoms with van der Waals surface area (Å²) in [4.78, 5) is 0. The number of hydrogen-bond acceptors (Lipinski definition) is 0. The molecule has 0 saturated carbocycles. The minimum atomic E-state index is -2.26. The first-order chi connectivity index (χ1) is 13.0. The molecule has 1 aromatic rings. The van der Waals surface area contributed by atoms with Crippen molar-refractivity contribution in [2.75, 3.05) is 0 Å². The Morgan fingerprint density at radius 3 is 1.10 bits per heavy atom. The van der Waals surface area contributed by atoms with Crippen LogP contribution >= 0.6 is 174 Å². The van der Waals surface area contributed by atoms with Crippen molar-refractivity contribution in [2.45, 2.75) is 37.7 Å². The van der Waals surface area contributed by atoms with Crippen molar-refractivity contribution in [3.8, 4) is 0 Å². The van der Waals surface area contributed by atoms with Gasteiger partial charge in [0.1, 0.15) is 0 Å². The van der Waals surface area contributed by atoms with Gasteiger partial charge in [-0.1, -0.05) is 181 Å². The van der Waals surface area contributed by atoms with Crippen molar-refractivity contribution >= 4 is 174 Å². The minimum Gasteiger partial charge on any atom is -0.0915 e. The lowest BCUT2D eigenvalue weighted by molar-refractivity contribution is 0.801. The lowest BCUT2D eigenvalue weighted by atomic mass is 9.89. The van der Waals surface area contributed by atoms with E-state index in [-0.39, 0.29) is 22.3 Å². The molecule has 0 N–H and O–H groups in total. The van der Waals surface area contributed by atoms with Crippen molar-refractivity contribution in [3.63, 3.8) is 0 Å². The summed E-state index contributed by atoms with van der Waals surface area (Å²) in [6, 6.07) is 2.55. The van der Waals surface area contributed by atoms with Gasteiger partial charge < -0.3 is 0 Å². The normalized spacial score (nSPS) is 14.9. The molecule has 0 bridgehead atoms. The number of halogens is 15. The summed E-state index contributed by atoms with van der Waals surface area (Å²) in [5.74, 6) is 0. The minimum absolute atomic E-state index is 0.0416. The molecule has 1 radical (unpaired) electrons. The molecule has 0 aromatic heterocycles. The van der Waals surface area contributed by atoms with Crippen LogP contribution in [-0.2, 0) is 13.0 Å². The van der Waals surface area contributed by atoms with Gasteiger partial charge in [-0.15, -0.1) is 0 Å². The highest BCUT2D eigenvalue weighted by Gasteiger charge is 2.55. The van der Waals surface area contributed by atoms with Crippen LogP contribution in [0.5, 0.6) is 0 Å². The van der Waals surface area contributed by atoms with Gasteiger partial charge in [-0.05, 0) is 47.2 Å². The van der Waals surface area contributed by atoms with E-state index in [4.69, 9.17) is 174 Å². The van der Waals surface area contributed by atoms with Crippen LogP contribution in [0.25, 0.3) is 0 Å². The Labute approximate surface area is 249 Å². The molecule has 0 aliphatic carbocycles. The average molecular weight is 720 g/mol. The van der Waals surface area contributed by atoms with Crippen LogP contribution in [0, 0.1) is 6.42 Å². The zero-order valence-electron chi connectivity index (χ0n) is 14.1. The second-order valence-corrected chi connectivity index (χ2v) is 16.6. The monoisotopic (exact) mass is 713 g/mol. The fraction of sp³-hybridized carbons (Fsp3) is 0.533. The number of alkyl halides is 15. The van der Waals surface area contributed by atoms with E-state index in [2.05, 4.69) is 0 Å². The van der Waals surface area contributed by atoms with E-state index in [0.717, 1.165) is 0 Å². The van der Waals surface area contributed by atoms with Crippen molar-refractivity contribution in [1.82, 2.24) is 0 Å². The quantitative estimate of drug-likeness (QED) is 0.266. The Kier molecular flexibility index (Phi) is 11.1. The number of rotatable bonds is 5. The molecule has 0 atom stereocenters. The molecule has 0 spiro atoms. The molecular weight excluding hydrogens is 712 g/mol. The van der Waals surface area contributed by atoms with Crippen molar-refractivity contribution < 1.29 is 0 Å². The van der Waals surface area contributed by atoms with Gasteiger partial charge in [-0.2, -0.15) is 0 Å². The Hall–Kier alpha value is 3.57. The molecule has 1 aromatic carbocycles. The van der Waals surface area contributed by atoms with Crippen LogP contribution in [0.1, 0.15) is 35.6 Å². The first-order valence-electron chi connectivity index (χ1n) is 7.39. The predicted octanol–water partition coefficient (Wildman–Crippen LogP) is 11.7. The Morgan fingerprint density at radius 2 is 0.867 bits per heavy atom. The highest BCUT2D eigenvalue weighted by Crippen LogP contribution is 2.61. The van der Waals surface area contributed by atoms with E-state index >= 15 is 0 Å². The predicted molar refractivity (Wildman–Crippen MR) is 141 cm³/mol. The van der Waals surface area contributed by atoms with E-state index in [9.17, 15) is 0 Å². The molecule has 0 heterocycles. The maximum absolute atomic E-state index is 6.43. The van der Waals surface area contributed by atoms with Gasteiger partial charge in [-0.3, -0.25) is 0 Å². The van der Waals surface area contributed by atoms with Gasteiger partial charge in [0, 0.05) is 0 Å². The third-order valence-electron chi connectivity index (χ3n) is 3.70. The molecule has 0 saturated heterocycles. The topological polar surface area (TPSA) is 0 Å². The molecule has 0 amide bonds. The van der Waals surface area contributed by atoms with E-state index in [1.54, 1.807) is 13.3 Å². The second kappa shape index (κ2) is 10.5. The molecule has 0 fully saturated rings. The van der Waals surface area contributed by atoms with Crippen LogP contribution in [-0.4, -0.2) is 11.4 Å². The van der Waals surface area contributed by atoms with Gasteiger partial charge in [0.25, 0.3) is 0 Å². The maximum Gasteiger partial charge on any atom is 0.227 e. The van der Waals surface area contributed by atoms with Gasteiger partial charge in [0.15, 0.2) is 13.0 Å². The van der Waals surface area contributed by atoms with E-state index < -0.39 is 24.4 Å². The highest BCUT2D eigenvalue weighted by atomic mass is 35.6. The smallest absolute Gasteiger partial charge is 0.0915 e. The Balaban J connectivity index is 4.20. The molecule has 0 unspecified atom stereocenters. The van der Waals surface area contributed by atoms with Crippen LogP contribution in [0.3, 0.4) is 0 Å². The van der Waals surface area contributed by atoms with Gasteiger partial charge in [0.2, 0.25) is 11.4 Å². The summed E-state index contributed by atoms with van der Waals surface area (Å²) in [5.41, 5.74) is 0.0337. The molecule has 0 aliphatic heterocycles. The SMILES string of the molecule is CC[CH]c1c(C(Cl)(Cl)C(Cl)(Cl)Cl)cc(C(Cl)(Cl)C(Cl)(Cl)Cl)cc1C(Cl)(Cl)C(Cl)(Cl)Cl. The molecule has 15 heteroatoms. The van der Waals surface area contributed by atoms with Gasteiger partial charge in [0.05, 0.1) is 0 Å². The standard InChI is InChI=1S/C15H8Cl15/c1-2-3-7-8(11(18,19)14(25,26)27)4-6(10(16,17)13(22,23)24)5-9(7)12(20,21)15(28,29)30/h3-5H,2H2,1H3. The second-order valence-electron chi connectivity index (χ2n) is 5.81. The summed E-state index contributed by atoms with van der Waals surface area (Å²) in [6.45, 7) is 1.79. The van der Waals surface area contributed by atoms with Gasteiger partial charge >= 0.3 is 0 Å². The Bertz CT molecular complexity index is 717. The summed E-state index contributed by atoms with van der Waals surface area (Å²) in [6.07, 6.45) is 2.03. The van der Waals surface area contributed by atoms with Crippen LogP contribution < -0.4 is 0 Å². The van der Waals surface area contributed by atoms with Crippen molar-refractivity contribution in [2.24, 2.45) is 0 Å². The van der Waals surface area contributed by atoms with Crippen molar-refractivity contribution in [1.29, 1.82) is 0 Å². The molecule has 0 nitrogen and oxygen atoms in total. The highest BCUT2D eigenvalue weighted by molar-refractivity contribution is 6.77. The first kappa shape index (κ1) is 31.6. The lowest BCUT2D eigenvalue weighted by Gasteiger charge is -2.37. The first-order valence-corrected chi connectivity index (χ1v) is 13.1. The number of benzene rings is 1. The molecule has 30 heavy (non-hydrogen) atoms. The molecule has 1 rings (SSSR count). The third-order valence-corrected chi connectivity index (χ3v) is 10.9. The van der Waals surface area contributed by atoms with E-state index in [1.165, 1.54) is 12.1 Å². The fourth-order valence-corrected chi connectivity index (χ4v) is 4.03. The molecule has 0 aliphatic rings. The van der Waals surface area contributed by atoms with Crippen LogP contribution in [0.15, 0.2) is 12.1 Å². The van der Waals surface area contributed by atoms with E-state index in [1.807, 2.05) is 0 Å². The summed E-state index contributed by atoms with van der Waals surface area (Å²) in [7, 11) is 0. The summed E-state index contributed by atoms with van der Waals surface area (Å²) < 4.78 is -13.3. The zero-order chi connectivity index (χ0) is 24.1. The fourth-order valence-electron chi connectivity index (χ4n) is 2.25. The lowest BCUT2D eigenvalue weighted by Crippen LogP contribution is -2.36. The van der Waals surface area contributed by atoms with Gasteiger partial charge in [-0.25, -0.2) is 0 Å². The van der Waals surface area contributed by atoms with Crippen LogP contribution in [0.4, 0.5) is 0 Å². The van der Waals surface area contributed by atoms with Crippen molar-refractivity contribution in [3.05, 3.63) is 40.8 Å². The third kappa shape index (κ3) is 6.46. The average Bonchev–Trinajstić information content (AvgIpc) is 2.51. The molecule has 173 valence electrons. The molecular formula is C15H8Cl15. The Morgan fingerprint density at radius 1 is 0.567 bits per heavy atom. The number of hydrogen-bond donors (Lipinski definition) is 0. The maximum atomic E-state index is 6.43. The zero-order valence-corrected chi connectivity index (χ0v) is 25.4.